The molecule has 0 saturated heterocycles. The zero-order valence-corrected chi connectivity index (χ0v) is 35.8. The van der Waals surface area contributed by atoms with Gasteiger partial charge < -0.3 is 5.11 Å². The maximum Gasteiger partial charge on any atom is 0.162 e. The Bertz CT molecular complexity index is 1750. The minimum absolute atomic E-state index is 0. The van der Waals surface area contributed by atoms with Crippen LogP contribution in [-0.4, -0.2) is 42.6 Å². The number of hydrogen-bond acceptors (Lipinski definition) is 4. The van der Waals surface area contributed by atoms with E-state index in [2.05, 4.69) is 124 Å². The quantitative estimate of drug-likeness (QED) is 0.0623. The number of ketones is 1. The average molecular weight is 1030 g/mol. The Morgan fingerprint density at radius 2 is 1.31 bits per heavy atom. The summed E-state index contributed by atoms with van der Waals surface area (Å²) >= 11 is -2.54. The molecule has 5 rings (SSSR count). The number of benzene rings is 4. The molecule has 0 atom stereocenters. The first-order valence-corrected chi connectivity index (χ1v) is 22.4. The van der Waals surface area contributed by atoms with E-state index < -0.39 is 21.8 Å². The molecule has 0 aliphatic heterocycles. The third-order valence-corrected chi connectivity index (χ3v) is 17.9. The first-order valence-electron chi connectivity index (χ1n) is 17.2. The number of allylic oxidation sites excluding steroid dienone is 2. The molecule has 0 spiro atoms. The van der Waals surface area contributed by atoms with E-state index in [1.165, 1.54) is 27.0 Å². The van der Waals surface area contributed by atoms with Crippen molar-refractivity contribution < 1.29 is 30.0 Å². The van der Waals surface area contributed by atoms with Crippen LogP contribution in [0.4, 0.5) is 0 Å². The van der Waals surface area contributed by atoms with Crippen molar-refractivity contribution in [1.29, 1.82) is 0 Å². The number of hydrogen-bond donors (Lipinski definition) is 1. The molecular weight excluding hydrogens is 978 g/mol. The van der Waals surface area contributed by atoms with E-state index in [1.54, 1.807) is 6.33 Å². The Hall–Kier alpha value is -3.04. The van der Waals surface area contributed by atoms with Crippen molar-refractivity contribution in [2.45, 2.75) is 79.6 Å². The van der Waals surface area contributed by atoms with E-state index in [1.807, 2.05) is 27.7 Å². The van der Waals surface area contributed by atoms with Crippen molar-refractivity contribution in [3.63, 3.8) is 0 Å². The minimum Gasteiger partial charge on any atom is -0.512 e. The smallest absolute Gasteiger partial charge is 0.162 e. The van der Waals surface area contributed by atoms with Crippen molar-refractivity contribution in [2.75, 3.05) is 0 Å². The van der Waals surface area contributed by atoms with Crippen LogP contribution in [0.25, 0.3) is 22.0 Å². The monoisotopic (exact) mass is 1030 g/mol. The van der Waals surface area contributed by atoms with E-state index >= 15 is 0 Å². The summed E-state index contributed by atoms with van der Waals surface area (Å²) in [5.41, 5.74) is 3.32. The predicted octanol–water partition coefficient (Wildman–Crippen LogP) is 8.78. The van der Waals surface area contributed by atoms with Crippen LogP contribution in [0, 0.1) is 17.9 Å². The van der Waals surface area contributed by atoms with Gasteiger partial charge in [-0.1, -0.05) is 27.7 Å². The molecule has 4 nitrogen and oxygen atoms in total. The van der Waals surface area contributed by atoms with E-state index in [-0.39, 0.29) is 48.9 Å². The Morgan fingerprint density at radius 3 is 1.84 bits per heavy atom. The van der Waals surface area contributed by atoms with E-state index in [4.69, 9.17) is 9.97 Å². The van der Waals surface area contributed by atoms with Crippen molar-refractivity contribution in [2.24, 2.45) is 11.8 Å². The number of aromatic nitrogens is 2. The van der Waals surface area contributed by atoms with Crippen LogP contribution in [0.5, 0.6) is 0 Å². The van der Waals surface area contributed by atoms with Crippen LogP contribution < -0.4 is 9.94 Å². The number of carbonyl (C=O) groups excluding carboxylic acids is 1. The number of fused-ring (bicyclic) bond motifs is 1. The standard InChI is InChI=1S/C18H16N2.C13H24O2.2C6H5.Bi.Ir/c1-18(2,3)16-11-14(17-8-9-19-12-20-17)10-13-6-4-5-7-15(13)16;1-5-10(6-2)12(14)9-13(15)11(7-3)8-4;2*1-2-4-6-5-3-1;;/h4-8,11-12H,1-3H3;9-11,14H,5-8H2,1-4H3;2*1-5H;;/q-1;;;;;/b;12-9-;;;;. The second kappa shape index (κ2) is 19.4. The van der Waals surface area contributed by atoms with Crippen molar-refractivity contribution in [3.8, 4) is 11.3 Å². The van der Waals surface area contributed by atoms with Gasteiger partial charge >= 0.3 is 205 Å². The van der Waals surface area contributed by atoms with Gasteiger partial charge in [0.1, 0.15) is 0 Å². The van der Waals surface area contributed by atoms with Gasteiger partial charge in [0, 0.05) is 38.0 Å². The molecular formula is C43H50BiIrN2O2-. The van der Waals surface area contributed by atoms with Gasteiger partial charge in [-0.05, 0) is 25.7 Å². The van der Waals surface area contributed by atoms with Crippen LogP contribution >= 0.6 is 0 Å². The summed E-state index contributed by atoms with van der Waals surface area (Å²) in [6.45, 7) is 14.9. The van der Waals surface area contributed by atoms with Crippen LogP contribution in [0.1, 0.15) is 79.7 Å². The third-order valence-electron chi connectivity index (χ3n) is 8.85. The fourth-order valence-corrected chi connectivity index (χ4v) is 14.5. The van der Waals surface area contributed by atoms with Gasteiger partial charge in [-0.15, -0.1) is 0 Å². The number of nitrogens with zero attached hydrogens (tertiary/aromatic N) is 2. The van der Waals surface area contributed by atoms with Crippen LogP contribution in [-0.2, 0) is 30.3 Å². The second-order valence-electron chi connectivity index (χ2n) is 13.2. The average Bonchev–Trinajstić information content (AvgIpc) is 3.10. The first-order chi connectivity index (χ1) is 23.1. The summed E-state index contributed by atoms with van der Waals surface area (Å²) in [7, 11) is 0. The van der Waals surface area contributed by atoms with Gasteiger partial charge in [0.05, 0.1) is 5.76 Å². The van der Waals surface area contributed by atoms with Gasteiger partial charge in [0.2, 0.25) is 0 Å². The summed E-state index contributed by atoms with van der Waals surface area (Å²) in [4.78, 5) is 21.2. The largest absolute Gasteiger partial charge is 0.512 e. The zero-order chi connectivity index (χ0) is 34.7. The summed E-state index contributed by atoms with van der Waals surface area (Å²) in [5, 5.41) is 12.1. The fourth-order valence-electron chi connectivity index (χ4n) is 5.95. The van der Waals surface area contributed by atoms with Crippen molar-refractivity contribution >= 4 is 48.3 Å². The fraction of sp³-hybridized carbons (Fsp3) is 0.326. The van der Waals surface area contributed by atoms with E-state index in [0.29, 0.717) is 0 Å². The molecule has 0 amide bonds. The Kier molecular flexibility index (Phi) is 16.0. The molecule has 1 heterocycles. The molecule has 0 fully saturated rings. The van der Waals surface area contributed by atoms with Crippen molar-refractivity contribution in [3.05, 3.63) is 127 Å². The zero-order valence-electron chi connectivity index (χ0n) is 29.9. The third kappa shape index (κ3) is 10.7. The van der Waals surface area contributed by atoms with Gasteiger partial charge in [-0.3, -0.25) is 4.79 Å². The number of carbonyl (C=O) groups is 1. The van der Waals surface area contributed by atoms with E-state index in [9.17, 15) is 9.90 Å². The summed E-state index contributed by atoms with van der Waals surface area (Å²) < 4.78 is 4.02. The maximum atomic E-state index is 11.7. The van der Waals surface area contributed by atoms with Crippen LogP contribution in [0.3, 0.4) is 0 Å². The first kappa shape index (κ1) is 40.4. The number of aliphatic hydroxyl groups excluding tert-OH is 1. The van der Waals surface area contributed by atoms with Crippen LogP contribution in [0.2, 0.25) is 0 Å². The van der Waals surface area contributed by atoms with Gasteiger partial charge in [0.15, 0.2) is 5.78 Å². The Labute approximate surface area is 315 Å². The molecule has 0 aliphatic carbocycles. The number of aliphatic hydroxyl groups is 1. The molecule has 0 unspecified atom stereocenters. The minimum atomic E-state index is -2.54. The summed E-state index contributed by atoms with van der Waals surface area (Å²) in [6, 6.07) is 38.4. The molecule has 1 radical (unpaired) electrons. The Morgan fingerprint density at radius 1 is 0.776 bits per heavy atom. The molecule has 0 saturated carbocycles. The predicted molar refractivity (Wildman–Crippen MR) is 204 cm³/mol. The molecule has 6 heteroatoms. The van der Waals surface area contributed by atoms with E-state index in [0.717, 1.165) is 42.3 Å². The molecule has 259 valence electrons. The summed E-state index contributed by atoms with van der Waals surface area (Å²) in [5.74, 6) is 0.547. The topological polar surface area (TPSA) is 63.1 Å². The molecule has 0 bridgehead atoms. The van der Waals surface area contributed by atoms with Gasteiger partial charge in [-0.2, -0.15) is 0 Å². The molecule has 49 heavy (non-hydrogen) atoms. The molecule has 5 aromatic rings. The molecule has 4 aromatic carbocycles. The Balaban J connectivity index is 0.000000347. The number of rotatable bonds is 11. The van der Waals surface area contributed by atoms with Gasteiger partial charge in [-0.25, -0.2) is 0 Å². The maximum absolute atomic E-state index is 11.7. The summed E-state index contributed by atoms with van der Waals surface area (Å²) in [6.07, 6.45) is 6.64. The van der Waals surface area contributed by atoms with Crippen LogP contribution in [0.15, 0.2) is 115 Å². The molecule has 0 aliphatic rings. The normalized spacial score (nSPS) is 11.8. The molecule has 1 aromatic heterocycles. The second-order valence-corrected chi connectivity index (χ2v) is 21.6. The SMILES string of the molecule is CC(C)(C)c1cc(-c2c[c]([Bi]([c]3ccccc3)[c]3ccccc3)ncn2)[c-]c2ccccc12.CCC(CC)C(=O)/C=C(\O)C(CC)CC.[Ir]. The van der Waals surface area contributed by atoms with Gasteiger partial charge in [0.25, 0.3) is 0 Å². The molecule has 1 N–H and O–H groups in total. The van der Waals surface area contributed by atoms with Crippen molar-refractivity contribution in [1.82, 2.24) is 9.97 Å².